The fourth-order valence-electron chi connectivity index (χ4n) is 3.82. The minimum atomic E-state index is -0.334. The summed E-state index contributed by atoms with van der Waals surface area (Å²) in [6, 6.07) is 4.34. The number of aryl methyl sites for hydroxylation is 1. The molecule has 1 aromatic carbocycles. The second-order valence-electron chi connectivity index (χ2n) is 7.55. The molecule has 0 bridgehead atoms. The fraction of sp³-hybridized carbons (Fsp3) is 0.391. The maximum absolute atomic E-state index is 13.6. The Kier molecular flexibility index (Phi) is 6.72. The molecule has 2 heterocycles. The number of carbonyl (C=O) groups excluding carboxylic acids is 2. The zero-order chi connectivity index (χ0) is 21.8. The first-order valence-corrected chi connectivity index (χ1v) is 10.3. The molecule has 6 nitrogen and oxygen atoms in total. The van der Waals surface area contributed by atoms with Crippen LogP contribution in [-0.4, -0.2) is 47.9 Å². The molecule has 0 aliphatic carbocycles. The van der Waals surface area contributed by atoms with Crippen molar-refractivity contribution in [3.63, 3.8) is 0 Å². The molecule has 7 heteroatoms. The highest BCUT2D eigenvalue weighted by molar-refractivity contribution is 6.09. The van der Waals surface area contributed by atoms with Gasteiger partial charge >= 0.3 is 0 Å². The third-order valence-electron chi connectivity index (χ3n) is 5.62. The Bertz CT molecular complexity index is 989. The summed E-state index contributed by atoms with van der Waals surface area (Å²) in [4.78, 5) is 30.7. The fourth-order valence-corrected chi connectivity index (χ4v) is 3.82. The highest BCUT2D eigenvalue weighted by atomic mass is 19.1. The molecule has 1 aromatic heterocycles. The lowest BCUT2D eigenvalue weighted by Crippen LogP contribution is -2.35. The van der Waals surface area contributed by atoms with E-state index < -0.39 is 0 Å². The second-order valence-corrected chi connectivity index (χ2v) is 7.55. The van der Waals surface area contributed by atoms with Crippen LogP contribution in [0, 0.1) is 19.7 Å². The van der Waals surface area contributed by atoms with Gasteiger partial charge in [-0.25, -0.2) is 4.39 Å². The van der Waals surface area contributed by atoms with E-state index in [2.05, 4.69) is 34.4 Å². The van der Waals surface area contributed by atoms with Gasteiger partial charge in [0.1, 0.15) is 5.82 Å². The molecule has 3 N–H and O–H groups in total. The average molecular weight is 413 g/mol. The number of aromatic amines is 1. The summed E-state index contributed by atoms with van der Waals surface area (Å²) in [6.07, 6.45) is 2.08. The third kappa shape index (κ3) is 4.62. The predicted octanol–water partition coefficient (Wildman–Crippen LogP) is 3.42. The van der Waals surface area contributed by atoms with Crippen molar-refractivity contribution < 1.29 is 14.0 Å². The first kappa shape index (κ1) is 21.8. The molecule has 0 radical (unpaired) electrons. The van der Waals surface area contributed by atoms with Gasteiger partial charge in [-0.15, -0.1) is 0 Å². The molecule has 0 spiro atoms. The smallest absolute Gasteiger partial charge is 0.253 e. The van der Waals surface area contributed by atoms with Gasteiger partial charge < -0.3 is 20.5 Å². The van der Waals surface area contributed by atoms with Crippen molar-refractivity contribution >= 4 is 23.6 Å². The van der Waals surface area contributed by atoms with E-state index in [4.69, 9.17) is 0 Å². The van der Waals surface area contributed by atoms with Gasteiger partial charge in [-0.2, -0.15) is 0 Å². The van der Waals surface area contributed by atoms with Crippen molar-refractivity contribution in [2.45, 2.75) is 34.1 Å². The number of fused-ring (bicyclic) bond motifs is 1. The molecule has 0 saturated carbocycles. The SMILES string of the molecule is CCN(CC)CCNC(=O)c1c(C)[nH]c(/C=C2/Cc3cc(F)ccc3NC2=O)c1C. The Hall–Kier alpha value is -2.93. The molecule has 0 atom stereocenters. The monoisotopic (exact) mass is 412 g/mol. The van der Waals surface area contributed by atoms with Gasteiger partial charge in [-0.05, 0) is 62.3 Å². The van der Waals surface area contributed by atoms with Crippen LogP contribution in [0.15, 0.2) is 23.8 Å². The van der Waals surface area contributed by atoms with E-state index in [1.54, 1.807) is 12.1 Å². The molecule has 2 amide bonds. The summed E-state index contributed by atoms with van der Waals surface area (Å²) in [7, 11) is 0. The number of likely N-dealkylation sites (N-methyl/N-ethyl adjacent to an activating group) is 1. The standard InChI is InChI=1S/C23H29FN4O2/c1-5-28(6-2)10-9-25-23(30)21-14(3)20(26-15(21)4)13-17-11-16-12-18(24)7-8-19(16)27-22(17)29/h7-8,12-13,26H,5-6,9-11H2,1-4H3,(H,25,30)(H,27,29)/b17-13-. The normalized spacial score (nSPS) is 14.7. The number of hydrogen-bond donors (Lipinski definition) is 3. The zero-order valence-electron chi connectivity index (χ0n) is 18.0. The number of hydrogen-bond acceptors (Lipinski definition) is 3. The minimum absolute atomic E-state index is 0.126. The molecule has 30 heavy (non-hydrogen) atoms. The Morgan fingerprint density at radius 1 is 1.27 bits per heavy atom. The Morgan fingerprint density at radius 2 is 2.00 bits per heavy atom. The maximum Gasteiger partial charge on any atom is 0.253 e. The van der Waals surface area contributed by atoms with Crippen molar-refractivity contribution in [1.82, 2.24) is 15.2 Å². The number of carbonyl (C=O) groups is 2. The maximum atomic E-state index is 13.6. The van der Waals surface area contributed by atoms with Gasteiger partial charge in [-0.1, -0.05) is 13.8 Å². The van der Waals surface area contributed by atoms with E-state index in [1.165, 1.54) is 12.1 Å². The topological polar surface area (TPSA) is 77.2 Å². The van der Waals surface area contributed by atoms with Crippen molar-refractivity contribution in [2.75, 3.05) is 31.5 Å². The summed E-state index contributed by atoms with van der Waals surface area (Å²) in [5.74, 6) is -0.677. The molecular formula is C23H29FN4O2. The summed E-state index contributed by atoms with van der Waals surface area (Å²) < 4.78 is 13.6. The second kappa shape index (κ2) is 9.26. The predicted molar refractivity (Wildman–Crippen MR) is 117 cm³/mol. The quantitative estimate of drug-likeness (QED) is 0.610. The summed E-state index contributed by atoms with van der Waals surface area (Å²) >= 11 is 0. The molecule has 0 fully saturated rings. The molecule has 1 aliphatic rings. The Balaban J connectivity index is 1.78. The van der Waals surface area contributed by atoms with E-state index in [-0.39, 0.29) is 17.6 Å². The van der Waals surface area contributed by atoms with Gasteiger partial charge in [-0.3, -0.25) is 9.59 Å². The number of rotatable bonds is 7. The molecule has 3 rings (SSSR count). The number of amides is 2. The van der Waals surface area contributed by atoms with Crippen LogP contribution >= 0.6 is 0 Å². The van der Waals surface area contributed by atoms with E-state index >= 15 is 0 Å². The number of halogens is 1. The molecule has 1 aliphatic heterocycles. The largest absolute Gasteiger partial charge is 0.358 e. The molecule has 2 aromatic rings. The van der Waals surface area contributed by atoms with Crippen molar-refractivity contribution in [3.8, 4) is 0 Å². The van der Waals surface area contributed by atoms with Gasteiger partial charge in [0.05, 0.1) is 5.56 Å². The van der Waals surface area contributed by atoms with Crippen molar-refractivity contribution in [3.05, 3.63) is 57.7 Å². The van der Waals surface area contributed by atoms with Crippen LogP contribution in [0.25, 0.3) is 6.08 Å². The van der Waals surface area contributed by atoms with E-state index in [9.17, 15) is 14.0 Å². The van der Waals surface area contributed by atoms with Crippen LogP contribution in [0.5, 0.6) is 0 Å². The van der Waals surface area contributed by atoms with Crippen LogP contribution in [0.4, 0.5) is 10.1 Å². The van der Waals surface area contributed by atoms with Crippen LogP contribution in [0.3, 0.4) is 0 Å². The number of H-pyrrole nitrogens is 1. The van der Waals surface area contributed by atoms with Crippen LogP contribution in [0.1, 0.15) is 46.7 Å². The van der Waals surface area contributed by atoms with Gasteiger partial charge in [0.2, 0.25) is 0 Å². The highest BCUT2D eigenvalue weighted by Gasteiger charge is 2.23. The van der Waals surface area contributed by atoms with Crippen molar-refractivity contribution in [2.24, 2.45) is 0 Å². The highest BCUT2D eigenvalue weighted by Crippen LogP contribution is 2.28. The van der Waals surface area contributed by atoms with E-state index in [0.717, 1.165) is 36.5 Å². The zero-order valence-corrected chi connectivity index (χ0v) is 18.0. The number of aromatic nitrogens is 1. The lowest BCUT2D eigenvalue weighted by Gasteiger charge is -2.19. The molecular weight excluding hydrogens is 383 g/mol. The first-order chi connectivity index (χ1) is 14.3. The number of nitrogens with one attached hydrogen (secondary N) is 3. The number of anilines is 1. The lowest BCUT2D eigenvalue weighted by atomic mass is 9.97. The van der Waals surface area contributed by atoms with Gasteiger partial charge in [0, 0.05) is 42.2 Å². The van der Waals surface area contributed by atoms with Crippen LogP contribution in [0.2, 0.25) is 0 Å². The van der Waals surface area contributed by atoms with Gasteiger partial charge in [0.25, 0.3) is 11.8 Å². The summed E-state index contributed by atoms with van der Waals surface area (Å²) in [6.45, 7) is 11.2. The summed E-state index contributed by atoms with van der Waals surface area (Å²) in [5.41, 5.74) is 4.74. The summed E-state index contributed by atoms with van der Waals surface area (Å²) in [5, 5.41) is 5.78. The Labute approximate surface area is 176 Å². The van der Waals surface area contributed by atoms with Gasteiger partial charge in [0.15, 0.2) is 0 Å². The van der Waals surface area contributed by atoms with Crippen LogP contribution < -0.4 is 10.6 Å². The number of benzene rings is 1. The van der Waals surface area contributed by atoms with Crippen LogP contribution in [-0.2, 0) is 11.2 Å². The lowest BCUT2D eigenvalue weighted by molar-refractivity contribution is -0.113. The van der Waals surface area contributed by atoms with E-state index in [1.807, 2.05) is 13.8 Å². The van der Waals surface area contributed by atoms with E-state index in [0.29, 0.717) is 35.5 Å². The number of nitrogens with zero attached hydrogens (tertiary/aromatic N) is 1. The molecule has 0 saturated heterocycles. The molecule has 0 unspecified atom stereocenters. The Morgan fingerprint density at radius 3 is 2.70 bits per heavy atom. The minimum Gasteiger partial charge on any atom is -0.358 e. The molecule has 160 valence electrons. The van der Waals surface area contributed by atoms with Crippen molar-refractivity contribution in [1.29, 1.82) is 0 Å². The third-order valence-corrected chi connectivity index (χ3v) is 5.62. The first-order valence-electron chi connectivity index (χ1n) is 10.3. The average Bonchev–Trinajstić information content (AvgIpc) is 2.99.